The minimum absolute atomic E-state index is 0.185. The van der Waals surface area contributed by atoms with Crippen LogP contribution in [0.2, 0.25) is 0 Å². The predicted octanol–water partition coefficient (Wildman–Crippen LogP) is 2.15. The van der Waals surface area contributed by atoms with Gasteiger partial charge in [-0.1, -0.05) is 6.07 Å². The molecule has 1 atom stereocenters. The van der Waals surface area contributed by atoms with E-state index in [1.807, 2.05) is 18.5 Å². The van der Waals surface area contributed by atoms with Crippen molar-refractivity contribution in [3.05, 3.63) is 47.5 Å². The van der Waals surface area contributed by atoms with E-state index in [1.165, 1.54) is 11.1 Å². The molecule has 1 aliphatic heterocycles. The standard InChI is InChI=1S/C15H19N3O/c1-3-18-9-8-17-15(18)14-13-5-4-12(19-2)10-11(13)6-7-16-14/h4-5,8-10,14,16H,3,6-7H2,1-2H3. The van der Waals surface area contributed by atoms with Crippen LogP contribution in [0.25, 0.3) is 0 Å². The molecule has 100 valence electrons. The molecular formula is C15H19N3O. The van der Waals surface area contributed by atoms with Crippen molar-refractivity contribution in [2.24, 2.45) is 0 Å². The van der Waals surface area contributed by atoms with E-state index in [-0.39, 0.29) is 6.04 Å². The van der Waals surface area contributed by atoms with Gasteiger partial charge in [-0.2, -0.15) is 0 Å². The Kier molecular flexibility index (Phi) is 3.25. The van der Waals surface area contributed by atoms with Crippen LogP contribution < -0.4 is 10.1 Å². The lowest BCUT2D eigenvalue weighted by Gasteiger charge is -2.27. The zero-order chi connectivity index (χ0) is 13.2. The van der Waals surface area contributed by atoms with Crippen LogP contribution in [0.5, 0.6) is 5.75 Å². The van der Waals surface area contributed by atoms with Crippen molar-refractivity contribution in [1.29, 1.82) is 0 Å². The Bertz CT molecular complexity index is 577. The predicted molar refractivity (Wildman–Crippen MR) is 74.4 cm³/mol. The lowest BCUT2D eigenvalue weighted by atomic mass is 9.93. The molecular weight excluding hydrogens is 238 g/mol. The van der Waals surface area contributed by atoms with Crippen molar-refractivity contribution in [2.45, 2.75) is 25.9 Å². The summed E-state index contributed by atoms with van der Waals surface area (Å²) in [4.78, 5) is 4.52. The van der Waals surface area contributed by atoms with Crippen molar-refractivity contribution in [1.82, 2.24) is 14.9 Å². The summed E-state index contributed by atoms with van der Waals surface area (Å²) in [6, 6.07) is 6.50. The molecule has 0 fully saturated rings. The van der Waals surface area contributed by atoms with Crippen LogP contribution in [-0.2, 0) is 13.0 Å². The van der Waals surface area contributed by atoms with Gasteiger partial charge in [0, 0.05) is 25.5 Å². The van der Waals surface area contributed by atoms with Gasteiger partial charge in [-0.3, -0.25) is 0 Å². The van der Waals surface area contributed by atoms with E-state index in [4.69, 9.17) is 4.74 Å². The number of aryl methyl sites for hydroxylation is 1. The Morgan fingerprint density at radius 3 is 3.16 bits per heavy atom. The third kappa shape index (κ3) is 2.12. The number of benzene rings is 1. The number of hydrogen-bond donors (Lipinski definition) is 1. The highest BCUT2D eigenvalue weighted by molar-refractivity contribution is 5.41. The first-order valence-corrected chi connectivity index (χ1v) is 6.74. The second-order valence-corrected chi connectivity index (χ2v) is 4.77. The second-order valence-electron chi connectivity index (χ2n) is 4.77. The van der Waals surface area contributed by atoms with Crippen molar-refractivity contribution in [2.75, 3.05) is 13.7 Å². The molecule has 2 aromatic rings. The molecule has 1 aromatic heterocycles. The highest BCUT2D eigenvalue weighted by Crippen LogP contribution is 2.30. The Labute approximate surface area is 113 Å². The summed E-state index contributed by atoms with van der Waals surface area (Å²) in [5.74, 6) is 2.02. The Hall–Kier alpha value is -1.81. The van der Waals surface area contributed by atoms with Gasteiger partial charge < -0.3 is 14.6 Å². The number of nitrogens with zero attached hydrogens (tertiary/aromatic N) is 2. The highest BCUT2D eigenvalue weighted by atomic mass is 16.5. The molecule has 1 unspecified atom stereocenters. The lowest BCUT2D eigenvalue weighted by Crippen LogP contribution is -2.32. The van der Waals surface area contributed by atoms with Gasteiger partial charge in [0.05, 0.1) is 13.2 Å². The fourth-order valence-corrected chi connectivity index (χ4v) is 2.75. The van der Waals surface area contributed by atoms with Gasteiger partial charge >= 0.3 is 0 Å². The smallest absolute Gasteiger partial charge is 0.130 e. The first-order chi connectivity index (χ1) is 9.33. The fraction of sp³-hybridized carbons (Fsp3) is 0.400. The highest BCUT2D eigenvalue weighted by Gasteiger charge is 2.24. The van der Waals surface area contributed by atoms with Gasteiger partial charge in [-0.15, -0.1) is 0 Å². The van der Waals surface area contributed by atoms with Crippen LogP contribution in [0.4, 0.5) is 0 Å². The van der Waals surface area contributed by atoms with Crippen LogP contribution in [0.3, 0.4) is 0 Å². The molecule has 2 heterocycles. The van der Waals surface area contributed by atoms with Gasteiger partial charge in [-0.05, 0) is 36.6 Å². The van der Waals surface area contributed by atoms with E-state index in [9.17, 15) is 0 Å². The molecule has 0 aliphatic carbocycles. The van der Waals surface area contributed by atoms with E-state index in [2.05, 4.69) is 33.9 Å². The van der Waals surface area contributed by atoms with E-state index in [0.29, 0.717) is 0 Å². The maximum atomic E-state index is 5.31. The van der Waals surface area contributed by atoms with Crippen LogP contribution in [0, 0.1) is 0 Å². The number of ether oxygens (including phenoxy) is 1. The molecule has 1 aliphatic rings. The second kappa shape index (κ2) is 5.05. The summed E-state index contributed by atoms with van der Waals surface area (Å²) < 4.78 is 7.50. The monoisotopic (exact) mass is 257 g/mol. The molecule has 0 bridgehead atoms. The van der Waals surface area contributed by atoms with E-state index < -0.39 is 0 Å². The SMILES string of the molecule is CCn1ccnc1C1NCCc2cc(OC)ccc21. The molecule has 1 N–H and O–H groups in total. The van der Waals surface area contributed by atoms with Gasteiger partial charge in [0.15, 0.2) is 0 Å². The molecule has 0 radical (unpaired) electrons. The molecule has 0 saturated heterocycles. The van der Waals surface area contributed by atoms with Gasteiger partial charge in [0.25, 0.3) is 0 Å². The Morgan fingerprint density at radius 2 is 2.37 bits per heavy atom. The van der Waals surface area contributed by atoms with E-state index in [0.717, 1.165) is 31.1 Å². The molecule has 1 aromatic carbocycles. The fourth-order valence-electron chi connectivity index (χ4n) is 2.75. The lowest BCUT2D eigenvalue weighted by molar-refractivity contribution is 0.412. The average Bonchev–Trinajstić information content (AvgIpc) is 2.94. The number of imidazole rings is 1. The summed E-state index contributed by atoms with van der Waals surface area (Å²) >= 11 is 0. The van der Waals surface area contributed by atoms with E-state index >= 15 is 0 Å². The molecule has 0 saturated carbocycles. The number of nitrogens with one attached hydrogen (secondary N) is 1. The minimum atomic E-state index is 0.185. The molecule has 4 heteroatoms. The van der Waals surface area contributed by atoms with Crippen LogP contribution >= 0.6 is 0 Å². The topological polar surface area (TPSA) is 39.1 Å². The van der Waals surface area contributed by atoms with E-state index in [1.54, 1.807) is 7.11 Å². The number of aromatic nitrogens is 2. The van der Waals surface area contributed by atoms with Crippen LogP contribution in [0.15, 0.2) is 30.6 Å². The molecule has 19 heavy (non-hydrogen) atoms. The van der Waals surface area contributed by atoms with Crippen molar-refractivity contribution in [3.8, 4) is 5.75 Å². The Morgan fingerprint density at radius 1 is 1.47 bits per heavy atom. The number of methoxy groups -OCH3 is 1. The number of rotatable bonds is 3. The quantitative estimate of drug-likeness (QED) is 0.915. The Balaban J connectivity index is 2.03. The summed E-state index contributed by atoms with van der Waals surface area (Å²) in [6.07, 6.45) is 4.95. The van der Waals surface area contributed by atoms with Crippen LogP contribution in [0.1, 0.15) is 29.9 Å². The largest absolute Gasteiger partial charge is 0.497 e. The molecule has 0 amide bonds. The summed E-state index contributed by atoms with van der Waals surface area (Å²) in [5.41, 5.74) is 2.67. The van der Waals surface area contributed by atoms with Crippen molar-refractivity contribution >= 4 is 0 Å². The summed E-state index contributed by atoms with van der Waals surface area (Å²) in [5, 5.41) is 3.57. The molecule has 0 spiro atoms. The van der Waals surface area contributed by atoms with Crippen molar-refractivity contribution < 1.29 is 4.74 Å². The first-order valence-electron chi connectivity index (χ1n) is 6.74. The summed E-state index contributed by atoms with van der Waals surface area (Å²) in [7, 11) is 1.71. The van der Waals surface area contributed by atoms with Gasteiger partial charge in [0.2, 0.25) is 0 Å². The normalized spacial score (nSPS) is 18.1. The zero-order valence-corrected chi connectivity index (χ0v) is 11.4. The maximum Gasteiger partial charge on any atom is 0.130 e. The van der Waals surface area contributed by atoms with Gasteiger partial charge in [0.1, 0.15) is 11.6 Å². The molecule has 4 nitrogen and oxygen atoms in total. The van der Waals surface area contributed by atoms with Crippen LogP contribution in [-0.4, -0.2) is 23.2 Å². The minimum Gasteiger partial charge on any atom is -0.497 e. The van der Waals surface area contributed by atoms with Gasteiger partial charge in [-0.25, -0.2) is 4.98 Å². The molecule has 3 rings (SSSR count). The van der Waals surface area contributed by atoms with Crippen molar-refractivity contribution in [3.63, 3.8) is 0 Å². The average molecular weight is 257 g/mol. The third-order valence-corrected chi connectivity index (χ3v) is 3.75. The number of hydrogen-bond acceptors (Lipinski definition) is 3. The third-order valence-electron chi connectivity index (χ3n) is 3.75. The number of fused-ring (bicyclic) bond motifs is 1. The maximum absolute atomic E-state index is 5.31. The zero-order valence-electron chi connectivity index (χ0n) is 11.4. The first kappa shape index (κ1) is 12.2. The summed E-state index contributed by atoms with van der Waals surface area (Å²) in [6.45, 7) is 4.06.